The van der Waals surface area contributed by atoms with E-state index in [0.29, 0.717) is 51.5 Å². The van der Waals surface area contributed by atoms with Crippen LogP contribution in [0.2, 0.25) is 0 Å². The van der Waals surface area contributed by atoms with Crippen LogP contribution in [0.15, 0.2) is 36.5 Å². The lowest BCUT2D eigenvalue weighted by atomic mass is 9.78. The number of amides is 1. The minimum atomic E-state index is -0.640. The van der Waals surface area contributed by atoms with Gasteiger partial charge in [0.1, 0.15) is 5.60 Å². The van der Waals surface area contributed by atoms with E-state index in [1.54, 1.807) is 0 Å². The molecule has 3 aliphatic heterocycles. The Kier molecular flexibility index (Phi) is 4.61. The number of carbonyl (C=O) groups excluding carboxylic acids is 1. The third kappa shape index (κ3) is 3.04. The van der Waals surface area contributed by atoms with Gasteiger partial charge >= 0.3 is 0 Å². The van der Waals surface area contributed by atoms with Gasteiger partial charge in [-0.25, -0.2) is 9.97 Å². The second-order valence-corrected chi connectivity index (χ2v) is 8.36. The molecular weight excluding hydrogens is 368 g/mol. The smallest absolute Gasteiger partial charge is 0.233 e. The Labute approximate surface area is 170 Å². The minimum Gasteiger partial charge on any atom is -0.395 e. The van der Waals surface area contributed by atoms with Crippen molar-refractivity contribution < 1.29 is 14.6 Å². The quantitative estimate of drug-likeness (QED) is 0.811. The van der Waals surface area contributed by atoms with Crippen LogP contribution in [-0.2, 0) is 21.6 Å². The molecule has 2 aromatic rings. The van der Waals surface area contributed by atoms with E-state index < -0.39 is 11.0 Å². The van der Waals surface area contributed by atoms with E-state index in [9.17, 15) is 9.90 Å². The zero-order valence-corrected chi connectivity index (χ0v) is 16.4. The van der Waals surface area contributed by atoms with E-state index in [1.807, 2.05) is 41.4 Å². The topological polar surface area (TPSA) is 87.6 Å². The van der Waals surface area contributed by atoms with Gasteiger partial charge in [0.05, 0.1) is 24.3 Å². The molecule has 29 heavy (non-hydrogen) atoms. The number of rotatable bonds is 3. The lowest BCUT2D eigenvalue weighted by Gasteiger charge is -2.48. The zero-order chi connectivity index (χ0) is 19.9. The van der Waals surface area contributed by atoms with Crippen LogP contribution in [-0.4, -0.2) is 65.3 Å². The highest BCUT2D eigenvalue weighted by atomic mass is 16.5. The van der Waals surface area contributed by atoms with Gasteiger partial charge in [-0.3, -0.25) is 4.79 Å². The van der Waals surface area contributed by atoms with Crippen molar-refractivity contribution in [3.05, 3.63) is 47.8 Å². The number of benzene rings is 1. The molecule has 0 unspecified atom stereocenters. The standard InChI is InChI=1S/C22H26N4O3/c27-15-21(13-23-14-21)20(28)26-9-7-22(8-10-26)18-17(6-11-29-22)12-24-19(25-18)16-4-2-1-3-5-16/h1-5,12,23,27H,6-11,13-15H2. The van der Waals surface area contributed by atoms with Crippen LogP contribution in [0.25, 0.3) is 11.4 Å². The fourth-order valence-electron chi connectivity index (χ4n) is 4.68. The molecule has 1 amide bonds. The highest BCUT2D eigenvalue weighted by Gasteiger charge is 2.49. The summed E-state index contributed by atoms with van der Waals surface area (Å²) in [7, 11) is 0. The summed E-state index contributed by atoms with van der Waals surface area (Å²) in [6.07, 6.45) is 4.18. The molecule has 3 aliphatic rings. The number of aromatic nitrogens is 2. The number of likely N-dealkylation sites (tertiary alicyclic amines) is 1. The van der Waals surface area contributed by atoms with E-state index in [0.717, 1.165) is 23.2 Å². The lowest BCUT2D eigenvalue weighted by Crippen LogP contribution is -2.65. The molecule has 0 saturated carbocycles. The summed E-state index contributed by atoms with van der Waals surface area (Å²) >= 11 is 0. The van der Waals surface area contributed by atoms with Crippen LogP contribution in [0.1, 0.15) is 24.1 Å². The van der Waals surface area contributed by atoms with Crippen molar-refractivity contribution in [3.63, 3.8) is 0 Å². The van der Waals surface area contributed by atoms with Crippen molar-refractivity contribution in [2.24, 2.45) is 5.41 Å². The zero-order valence-electron chi connectivity index (χ0n) is 16.4. The summed E-state index contributed by atoms with van der Waals surface area (Å²) in [4.78, 5) is 24.3. The fraction of sp³-hybridized carbons (Fsp3) is 0.500. The Morgan fingerprint density at radius 1 is 1.21 bits per heavy atom. The second kappa shape index (κ2) is 7.16. The van der Waals surface area contributed by atoms with Crippen molar-refractivity contribution in [1.82, 2.24) is 20.2 Å². The van der Waals surface area contributed by atoms with Gasteiger partial charge < -0.3 is 20.1 Å². The molecule has 1 aromatic heterocycles. The van der Waals surface area contributed by atoms with Crippen molar-refractivity contribution in [3.8, 4) is 11.4 Å². The third-order valence-corrected chi connectivity index (χ3v) is 6.62. The number of hydrogen-bond donors (Lipinski definition) is 2. The maximum Gasteiger partial charge on any atom is 0.233 e. The van der Waals surface area contributed by atoms with E-state index >= 15 is 0 Å². The number of aliphatic hydroxyl groups excluding tert-OH is 1. The van der Waals surface area contributed by atoms with Crippen LogP contribution in [0, 0.1) is 5.41 Å². The highest BCUT2D eigenvalue weighted by Crippen LogP contribution is 2.41. The Balaban J connectivity index is 1.40. The molecule has 7 heteroatoms. The first-order valence-corrected chi connectivity index (χ1v) is 10.3. The first kappa shape index (κ1) is 18.7. The number of fused-ring (bicyclic) bond motifs is 2. The van der Waals surface area contributed by atoms with E-state index in [2.05, 4.69) is 10.3 Å². The highest BCUT2D eigenvalue weighted by molar-refractivity contribution is 5.84. The molecule has 5 rings (SSSR count). The summed E-state index contributed by atoms with van der Waals surface area (Å²) in [5.74, 6) is 0.768. The van der Waals surface area contributed by atoms with Crippen molar-refractivity contribution in [2.75, 3.05) is 39.4 Å². The Hall–Kier alpha value is -2.35. The SMILES string of the molecule is O=C(N1CCC2(CC1)OCCc1cnc(-c3ccccc3)nc12)C1(CO)CNC1. The van der Waals surface area contributed by atoms with Gasteiger partial charge in [-0.1, -0.05) is 30.3 Å². The Morgan fingerprint density at radius 2 is 1.97 bits per heavy atom. The van der Waals surface area contributed by atoms with E-state index in [4.69, 9.17) is 9.72 Å². The lowest BCUT2D eigenvalue weighted by molar-refractivity contribution is -0.156. The minimum absolute atomic E-state index is 0.0531. The second-order valence-electron chi connectivity index (χ2n) is 8.36. The average molecular weight is 394 g/mol. The van der Waals surface area contributed by atoms with Crippen LogP contribution in [0.3, 0.4) is 0 Å². The van der Waals surface area contributed by atoms with Crippen molar-refractivity contribution in [2.45, 2.75) is 24.9 Å². The molecule has 2 saturated heterocycles. The number of aliphatic hydroxyl groups is 1. The summed E-state index contributed by atoms with van der Waals surface area (Å²) in [5, 5.41) is 12.8. The summed E-state index contributed by atoms with van der Waals surface area (Å²) in [6, 6.07) is 9.98. The monoisotopic (exact) mass is 394 g/mol. The van der Waals surface area contributed by atoms with Gasteiger partial charge in [0.25, 0.3) is 0 Å². The largest absolute Gasteiger partial charge is 0.395 e. The number of ether oxygens (including phenoxy) is 1. The number of piperidine rings is 1. The Morgan fingerprint density at radius 3 is 2.62 bits per heavy atom. The molecule has 0 bridgehead atoms. The van der Waals surface area contributed by atoms with E-state index in [-0.39, 0.29) is 12.5 Å². The molecule has 4 heterocycles. The molecule has 1 aromatic carbocycles. The van der Waals surface area contributed by atoms with Gasteiger partial charge in [-0.15, -0.1) is 0 Å². The predicted octanol–water partition coefficient (Wildman–Crippen LogP) is 1.12. The third-order valence-electron chi connectivity index (χ3n) is 6.62. The number of nitrogens with zero attached hydrogens (tertiary/aromatic N) is 3. The molecule has 0 aliphatic carbocycles. The molecule has 2 N–H and O–H groups in total. The summed E-state index contributed by atoms with van der Waals surface area (Å²) < 4.78 is 6.31. The molecular formula is C22H26N4O3. The fourth-order valence-corrected chi connectivity index (χ4v) is 4.68. The van der Waals surface area contributed by atoms with Crippen molar-refractivity contribution >= 4 is 5.91 Å². The van der Waals surface area contributed by atoms with Gasteiger partial charge in [0.15, 0.2) is 5.82 Å². The van der Waals surface area contributed by atoms with Gasteiger partial charge in [0, 0.05) is 37.9 Å². The maximum absolute atomic E-state index is 12.9. The first-order valence-electron chi connectivity index (χ1n) is 10.3. The number of hydrogen-bond acceptors (Lipinski definition) is 6. The normalized spacial score (nSPS) is 22.0. The van der Waals surface area contributed by atoms with Crippen LogP contribution in [0.5, 0.6) is 0 Å². The number of carbonyl (C=O) groups is 1. The summed E-state index contributed by atoms with van der Waals surface area (Å²) in [6.45, 7) is 2.89. The average Bonchev–Trinajstić information content (AvgIpc) is 2.75. The van der Waals surface area contributed by atoms with Crippen LogP contribution >= 0.6 is 0 Å². The molecule has 2 fully saturated rings. The van der Waals surface area contributed by atoms with Crippen LogP contribution < -0.4 is 5.32 Å². The van der Waals surface area contributed by atoms with Crippen LogP contribution in [0.4, 0.5) is 0 Å². The molecule has 0 radical (unpaired) electrons. The van der Waals surface area contributed by atoms with Gasteiger partial charge in [0.2, 0.25) is 5.91 Å². The number of nitrogens with one attached hydrogen (secondary N) is 1. The van der Waals surface area contributed by atoms with Gasteiger partial charge in [-0.2, -0.15) is 0 Å². The van der Waals surface area contributed by atoms with E-state index in [1.165, 1.54) is 0 Å². The molecule has 7 nitrogen and oxygen atoms in total. The molecule has 152 valence electrons. The van der Waals surface area contributed by atoms with Crippen molar-refractivity contribution in [1.29, 1.82) is 0 Å². The summed E-state index contributed by atoms with van der Waals surface area (Å²) in [5.41, 5.74) is 2.02. The maximum atomic E-state index is 12.9. The van der Waals surface area contributed by atoms with Gasteiger partial charge in [-0.05, 0) is 24.8 Å². The Bertz CT molecular complexity index is 900. The molecule has 1 spiro atoms. The predicted molar refractivity (Wildman–Crippen MR) is 107 cm³/mol. The molecule has 0 atom stereocenters. The first-order chi connectivity index (χ1) is 14.2.